The van der Waals surface area contributed by atoms with Crippen LogP contribution >= 0.6 is 0 Å². The fourth-order valence-electron chi connectivity index (χ4n) is 5.03. The van der Waals surface area contributed by atoms with Crippen molar-refractivity contribution in [1.29, 1.82) is 0 Å². The number of amides is 2. The molecule has 2 amide bonds. The molecule has 1 saturated carbocycles. The maximum atomic E-state index is 12.7. The third-order valence-corrected chi connectivity index (χ3v) is 6.75. The monoisotopic (exact) mass is 450 g/mol. The van der Waals surface area contributed by atoms with Gasteiger partial charge >= 0.3 is 12.1 Å². The van der Waals surface area contributed by atoms with E-state index in [0.29, 0.717) is 0 Å². The summed E-state index contributed by atoms with van der Waals surface area (Å²) in [5.74, 6) is -1.43. The van der Waals surface area contributed by atoms with Crippen molar-refractivity contribution in [3.63, 3.8) is 0 Å². The summed E-state index contributed by atoms with van der Waals surface area (Å²) in [5.41, 5.74) is 4.67. The number of ether oxygens (including phenoxy) is 1. The lowest BCUT2D eigenvalue weighted by atomic mass is 9.82. The third kappa shape index (κ3) is 5.18. The molecule has 2 aliphatic rings. The highest BCUT2D eigenvalue weighted by atomic mass is 16.5. The number of carbonyl (C=O) groups is 3. The molecule has 0 bridgehead atoms. The highest BCUT2D eigenvalue weighted by molar-refractivity contribution is 5.83. The van der Waals surface area contributed by atoms with Crippen molar-refractivity contribution in [2.24, 2.45) is 5.92 Å². The van der Waals surface area contributed by atoms with Gasteiger partial charge in [-0.1, -0.05) is 61.4 Å². The zero-order valence-corrected chi connectivity index (χ0v) is 18.8. The number of rotatable bonds is 7. The van der Waals surface area contributed by atoms with E-state index in [2.05, 4.69) is 34.9 Å². The van der Waals surface area contributed by atoms with Gasteiger partial charge in [-0.05, 0) is 47.9 Å². The van der Waals surface area contributed by atoms with E-state index in [4.69, 9.17) is 9.84 Å². The van der Waals surface area contributed by atoms with Crippen LogP contribution in [0.1, 0.15) is 56.1 Å². The van der Waals surface area contributed by atoms with Crippen LogP contribution in [0.4, 0.5) is 4.79 Å². The molecule has 2 aliphatic carbocycles. The lowest BCUT2D eigenvalue weighted by Crippen LogP contribution is -2.45. The topological polar surface area (TPSA) is 105 Å². The average Bonchev–Trinajstić information content (AvgIpc) is 3.12. The maximum absolute atomic E-state index is 12.7. The van der Waals surface area contributed by atoms with Crippen molar-refractivity contribution in [2.75, 3.05) is 6.61 Å². The van der Waals surface area contributed by atoms with Gasteiger partial charge in [-0.3, -0.25) is 9.59 Å². The number of hydrogen-bond acceptors (Lipinski definition) is 4. The summed E-state index contributed by atoms with van der Waals surface area (Å²) in [6.07, 6.45) is 3.24. The van der Waals surface area contributed by atoms with E-state index in [1.165, 1.54) is 18.1 Å². The standard InChI is InChI=1S/C26H30N2O5/c1-16(25(30)31)27-24(29)14-17-8-2-7-13-23(17)28-26(32)33-15-22-20-11-5-3-9-18(20)19-10-4-6-12-21(19)22/h3-6,9-12,16-17,22-23H,2,7-8,13-15H2,1H3,(H,27,29)(H,28,32)(H,30,31)/t16-,17+,23+/m0/s1. The first-order chi connectivity index (χ1) is 15.9. The van der Waals surface area contributed by atoms with Crippen molar-refractivity contribution in [2.45, 2.75) is 57.0 Å². The second-order valence-corrected chi connectivity index (χ2v) is 8.95. The predicted molar refractivity (Wildman–Crippen MR) is 124 cm³/mol. The van der Waals surface area contributed by atoms with Crippen LogP contribution in [0, 0.1) is 5.92 Å². The Labute approximate surface area is 193 Å². The quantitative estimate of drug-likeness (QED) is 0.590. The first-order valence-electron chi connectivity index (χ1n) is 11.6. The van der Waals surface area contributed by atoms with Crippen molar-refractivity contribution in [3.05, 3.63) is 59.7 Å². The number of aliphatic carboxylic acids is 1. The molecule has 0 unspecified atom stereocenters. The van der Waals surface area contributed by atoms with Gasteiger partial charge in [0.2, 0.25) is 5.91 Å². The van der Waals surface area contributed by atoms with Gasteiger partial charge in [0.05, 0.1) is 0 Å². The summed E-state index contributed by atoms with van der Waals surface area (Å²) in [6.45, 7) is 1.68. The number of carboxylic acid groups (broad SMARTS) is 1. The lowest BCUT2D eigenvalue weighted by molar-refractivity contribution is -0.141. The molecule has 33 heavy (non-hydrogen) atoms. The Hall–Kier alpha value is -3.35. The van der Waals surface area contributed by atoms with Crippen LogP contribution in [0.3, 0.4) is 0 Å². The van der Waals surface area contributed by atoms with E-state index in [1.54, 1.807) is 0 Å². The molecule has 1 fully saturated rings. The molecule has 4 rings (SSSR count). The van der Waals surface area contributed by atoms with Crippen LogP contribution in [0.15, 0.2) is 48.5 Å². The molecule has 0 heterocycles. The predicted octanol–water partition coefficient (Wildman–Crippen LogP) is 4.06. The molecule has 3 atom stereocenters. The molecule has 0 radical (unpaired) electrons. The van der Waals surface area contributed by atoms with Gasteiger partial charge in [-0.2, -0.15) is 0 Å². The molecule has 2 aromatic carbocycles. The van der Waals surface area contributed by atoms with Gasteiger partial charge in [-0.15, -0.1) is 0 Å². The minimum atomic E-state index is -1.07. The number of benzene rings is 2. The Kier molecular flexibility index (Phi) is 6.96. The van der Waals surface area contributed by atoms with Gasteiger partial charge in [0.1, 0.15) is 12.6 Å². The molecule has 0 spiro atoms. The number of fused-ring (bicyclic) bond motifs is 3. The second-order valence-electron chi connectivity index (χ2n) is 8.95. The normalized spacial score (nSPS) is 20.3. The first kappa shape index (κ1) is 22.8. The molecule has 7 nitrogen and oxygen atoms in total. The van der Waals surface area contributed by atoms with Crippen LogP contribution in [-0.4, -0.2) is 41.8 Å². The van der Waals surface area contributed by atoms with Crippen molar-refractivity contribution in [3.8, 4) is 11.1 Å². The van der Waals surface area contributed by atoms with E-state index in [0.717, 1.165) is 36.8 Å². The zero-order chi connectivity index (χ0) is 23.4. The number of alkyl carbamates (subject to hydrolysis) is 1. The van der Waals surface area contributed by atoms with E-state index >= 15 is 0 Å². The summed E-state index contributed by atoms with van der Waals surface area (Å²) in [6, 6.07) is 15.3. The first-order valence-corrected chi connectivity index (χ1v) is 11.6. The smallest absolute Gasteiger partial charge is 0.407 e. The van der Waals surface area contributed by atoms with Gasteiger partial charge in [-0.25, -0.2) is 4.79 Å². The Bertz CT molecular complexity index is 991. The fourth-order valence-corrected chi connectivity index (χ4v) is 5.03. The average molecular weight is 451 g/mol. The molecule has 7 heteroatoms. The summed E-state index contributed by atoms with van der Waals surface area (Å²) in [7, 11) is 0. The summed E-state index contributed by atoms with van der Waals surface area (Å²) in [5, 5.41) is 14.5. The van der Waals surface area contributed by atoms with E-state index in [-0.39, 0.29) is 36.8 Å². The Balaban J connectivity index is 1.35. The highest BCUT2D eigenvalue weighted by Gasteiger charge is 2.32. The zero-order valence-electron chi connectivity index (χ0n) is 18.8. The lowest BCUT2D eigenvalue weighted by Gasteiger charge is -2.31. The van der Waals surface area contributed by atoms with Crippen molar-refractivity contribution < 1.29 is 24.2 Å². The van der Waals surface area contributed by atoms with E-state index < -0.39 is 18.1 Å². The largest absolute Gasteiger partial charge is 0.480 e. The molecular weight excluding hydrogens is 420 g/mol. The van der Waals surface area contributed by atoms with Gasteiger partial charge in [0, 0.05) is 18.4 Å². The fraction of sp³-hybridized carbons (Fsp3) is 0.423. The van der Waals surface area contributed by atoms with Crippen LogP contribution in [-0.2, 0) is 14.3 Å². The van der Waals surface area contributed by atoms with Crippen molar-refractivity contribution >= 4 is 18.0 Å². The molecule has 2 aromatic rings. The Morgan fingerprint density at radius 2 is 1.61 bits per heavy atom. The Morgan fingerprint density at radius 3 is 2.24 bits per heavy atom. The van der Waals surface area contributed by atoms with Crippen molar-refractivity contribution in [1.82, 2.24) is 10.6 Å². The SMILES string of the molecule is C[C@H](NC(=O)C[C@H]1CCCC[C@H]1NC(=O)OCC1c2ccccc2-c2ccccc21)C(=O)O. The number of carbonyl (C=O) groups excluding carboxylic acids is 2. The van der Waals surface area contributed by atoms with Crippen LogP contribution in [0.2, 0.25) is 0 Å². The third-order valence-electron chi connectivity index (χ3n) is 6.75. The van der Waals surface area contributed by atoms with Gasteiger partial charge in [0.15, 0.2) is 0 Å². The van der Waals surface area contributed by atoms with Crippen LogP contribution in [0.25, 0.3) is 11.1 Å². The number of carboxylic acids is 1. The summed E-state index contributed by atoms with van der Waals surface area (Å²) < 4.78 is 5.66. The highest BCUT2D eigenvalue weighted by Crippen LogP contribution is 2.44. The molecule has 174 valence electrons. The molecule has 0 aliphatic heterocycles. The van der Waals surface area contributed by atoms with Gasteiger partial charge in [0.25, 0.3) is 0 Å². The molecule has 0 saturated heterocycles. The van der Waals surface area contributed by atoms with E-state index in [9.17, 15) is 14.4 Å². The Morgan fingerprint density at radius 1 is 1.00 bits per heavy atom. The number of hydrogen-bond donors (Lipinski definition) is 3. The second kappa shape index (κ2) is 10.1. The summed E-state index contributed by atoms with van der Waals surface area (Å²) >= 11 is 0. The molecule has 0 aromatic heterocycles. The number of nitrogens with one attached hydrogen (secondary N) is 2. The molecular formula is C26H30N2O5. The van der Waals surface area contributed by atoms with Crippen LogP contribution in [0.5, 0.6) is 0 Å². The molecule has 3 N–H and O–H groups in total. The minimum absolute atomic E-state index is 0.00594. The summed E-state index contributed by atoms with van der Waals surface area (Å²) in [4.78, 5) is 35.9. The van der Waals surface area contributed by atoms with E-state index in [1.807, 2.05) is 24.3 Å². The maximum Gasteiger partial charge on any atom is 0.407 e. The van der Waals surface area contributed by atoms with Crippen LogP contribution < -0.4 is 10.6 Å². The minimum Gasteiger partial charge on any atom is -0.480 e. The van der Waals surface area contributed by atoms with Gasteiger partial charge < -0.3 is 20.5 Å².